The zero-order valence-corrected chi connectivity index (χ0v) is 15.7. The van der Waals surface area contributed by atoms with Gasteiger partial charge in [0.1, 0.15) is 0 Å². The van der Waals surface area contributed by atoms with Gasteiger partial charge in [0, 0.05) is 17.1 Å². The molecule has 1 heterocycles. The van der Waals surface area contributed by atoms with Gasteiger partial charge in [-0.1, -0.05) is 6.92 Å². The summed E-state index contributed by atoms with van der Waals surface area (Å²) in [6.07, 6.45) is 0. The predicted octanol–water partition coefficient (Wildman–Crippen LogP) is 1.61. The maximum atomic E-state index is 12.4. The molecule has 1 amide bonds. The molecule has 9 nitrogen and oxygen atoms in total. The number of amides is 1. The first-order valence-electron chi connectivity index (χ1n) is 7.04. The number of methoxy groups -OCH3 is 3. The van der Waals surface area contributed by atoms with Gasteiger partial charge in [-0.3, -0.25) is 10.1 Å². The van der Waals surface area contributed by atoms with Gasteiger partial charge < -0.3 is 14.2 Å². The van der Waals surface area contributed by atoms with Crippen molar-refractivity contribution in [2.24, 2.45) is 0 Å². The number of benzene rings is 1. The Morgan fingerprint density at radius 3 is 2.24 bits per heavy atom. The number of nitrogens with zero attached hydrogens (tertiary/aromatic N) is 2. The maximum Gasteiger partial charge on any atom is 0.260 e. The number of rotatable bonds is 7. The van der Waals surface area contributed by atoms with Crippen LogP contribution in [0.4, 0.5) is 5.13 Å². The van der Waals surface area contributed by atoms with Crippen LogP contribution in [0, 0.1) is 0 Å². The van der Waals surface area contributed by atoms with E-state index >= 15 is 0 Å². The zero-order chi connectivity index (χ0) is 18.6. The standard InChI is InChI=1S/C14H17N3O6S2/c1-5-25(19,20)14-16-13(24-17-14)15-12(18)8-6-9(21-2)11(23-4)10(7-8)22-3/h6-7H,5H2,1-4H3,(H,15,16,17,18). The molecule has 2 aromatic rings. The molecule has 0 spiro atoms. The van der Waals surface area contributed by atoms with E-state index in [2.05, 4.69) is 14.7 Å². The number of anilines is 1. The van der Waals surface area contributed by atoms with Crippen molar-refractivity contribution in [2.45, 2.75) is 12.1 Å². The van der Waals surface area contributed by atoms with Gasteiger partial charge >= 0.3 is 0 Å². The average molecular weight is 387 g/mol. The lowest BCUT2D eigenvalue weighted by molar-refractivity contribution is 0.102. The minimum absolute atomic E-state index is 0.0748. The summed E-state index contributed by atoms with van der Waals surface area (Å²) in [6.45, 7) is 1.49. The van der Waals surface area contributed by atoms with Gasteiger partial charge in [-0.05, 0) is 12.1 Å². The third-order valence-electron chi connectivity index (χ3n) is 3.21. The van der Waals surface area contributed by atoms with Gasteiger partial charge in [-0.15, -0.1) is 0 Å². The zero-order valence-electron chi connectivity index (χ0n) is 14.0. The summed E-state index contributed by atoms with van der Waals surface area (Å²) in [6, 6.07) is 2.95. The number of hydrogen-bond donors (Lipinski definition) is 1. The summed E-state index contributed by atoms with van der Waals surface area (Å²) < 4.78 is 42.8. The minimum Gasteiger partial charge on any atom is -0.493 e. The number of ether oxygens (including phenoxy) is 3. The van der Waals surface area contributed by atoms with Crippen molar-refractivity contribution in [3.63, 3.8) is 0 Å². The van der Waals surface area contributed by atoms with E-state index in [-0.39, 0.29) is 21.6 Å². The van der Waals surface area contributed by atoms with Crippen molar-refractivity contribution in [3.05, 3.63) is 17.7 Å². The number of aromatic nitrogens is 2. The number of nitrogens with one attached hydrogen (secondary N) is 1. The molecular formula is C14H17N3O6S2. The van der Waals surface area contributed by atoms with Gasteiger partial charge in [-0.25, -0.2) is 8.42 Å². The Morgan fingerprint density at radius 1 is 1.16 bits per heavy atom. The second-order valence-electron chi connectivity index (χ2n) is 4.65. The van der Waals surface area contributed by atoms with Crippen molar-refractivity contribution in [3.8, 4) is 17.2 Å². The van der Waals surface area contributed by atoms with Crippen molar-refractivity contribution in [1.29, 1.82) is 0 Å². The molecule has 0 aliphatic rings. The first-order valence-corrected chi connectivity index (χ1v) is 9.46. The van der Waals surface area contributed by atoms with E-state index in [1.54, 1.807) is 0 Å². The molecule has 136 valence electrons. The Labute approximate surface area is 149 Å². The highest BCUT2D eigenvalue weighted by atomic mass is 32.2. The normalized spacial score (nSPS) is 11.0. The molecule has 0 saturated carbocycles. The van der Waals surface area contributed by atoms with E-state index < -0.39 is 15.7 Å². The molecule has 11 heteroatoms. The first-order chi connectivity index (χ1) is 11.9. The largest absolute Gasteiger partial charge is 0.493 e. The quantitative estimate of drug-likeness (QED) is 0.761. The van der Waals surface area contributed by atoms with Crippen LogP contribution in [0.2, 0.25) is 0 Å². The monoisotopic (exact) mass is 387 g/mol. The van der Waals surface area contributed by atoms with E-state index in [0.29, 0.717) is 17.2 Å². The van der Waals surface area contributed by atoms with E-state index in [0.717, 1.165) is 11.5 Å². The SMILES string of the molecule is CCS(=O)(=O)c1nsc(NC(=O)c2cc(OC)c(OC)c(OC)c2)n1. The molecule has 0 unspecified atom stereocenters. The van der Waals surface area contributed by atoms with Gasteiger partial charge in [0.05, 0.1) is 27.1 Å². The number of sulfone groups is 1. The summed E-state index contributed by atoms with van der Waals surface area (Å²) in [5.74, 6) is 0.353. The lowest BCUT2D eigenvalue weighted by Gasteiger charge is -2.13. The van der Waals surface area contributed by atoms with Crippen LogP contribution in [0.25, 0.3) is 0 Å². The van der Waals surface area contributed by atoms with Crippen LogP contribution in [0.15, 0.2) is 17.3 Å². The summed E-state index contributed by atoms with van der Waals surface area (Å²) in [5.41, 5.74) is 0.226. The fraction of sp³-hybridized carbons (Fsp3) is 0.357. The highest BCUT2D eigenvalue weighted by Gasteiger charge is 2.21. The Kier molecular flexibility index (Phi) is 5.80. The third-order valence-corrected chi connectivity index (χ3v) is 5.46. The Morgan fingerprint density at radius 2 is 1.76 bits per heavy atom. The van der Waals surface area contributed by atoms with Crippen LogP contribution in [-0.4, -0.2) is 50.8 Å². The second kappa shape index (κ2) is 7.66. The van der Waals surface area contributed by atoms with E-state index in [1.165, 1.54) is 40.4 Å². The molecule has 25 heavy (non-hydrogen) atoms. The van der Waals surface area contributed by atoms with Crippen LogP contribution in [-0.2, 0) is 9.84 Å². The smallest absolute Gasteiger partial charge is 0.260 e. The van der Waals surface area contributed by atoms with E-state index in [9.17, 15) is 13.2 Å². The van der Waals surface area contributed by atoms with Crippen LogP contribution < -0.4 is 19.5 Å². The van der Waals surface area contributed by atoms with Crippen LogP contribution in [0.3, 0.4) is 0 Å². The summed E-state index contributed by atoms with van der Waals surface area (Å²) in [4.78, 5) is 16.2. The van der Waals surface area contributed by atoms with Gasteiger partial charge in [-0.2, -0.15) is 9.36 Å². The number of hydrogen-bond acceptors (Lipinski definition) is 9. The maximum absolute atomic E-state index is 12.4. The summed E-state index contributed by atoms with van der Waals surface area (Å²) in [5, 5.41) is 2.27. The second-order valence-corrected chi connectivity index (χ2v) is 7.58. The predicted molar refractivity (Wildman–Crippen MR) is 91.7 cm³/mol. The van der Waals surface area contributed by atoms with Crippen LogP contribution in [0.1, 0.15) is 17.3 Å². The average Bonchev–Trinajstić information content (AvgIpc) is 3.09. The molecule has 0 aliphatic carbocycles. The van der Waals surface area contributed by atoms with Crippen molar-refractivity contribution in [2.75, 3.05) is 32.4 Å². The highest BCUT2D eigenvalue weighted by Crippen LogP contribution is 2.38. The van der Waals surface area contributed by atoms with Gasteiger partial charge in [0.15, 0.2) is 11.5 Å². The lowest BCUT2D eigenvalue weighted by atomic mass is 10.1. The fourth-order valence-electron chi connectivity index (χ4n) is 1.90. The molecule has 0 saturated heterocycles. The Balaban J connectivity index is 2.30. The third kappa shape index (κ3) is 3.99. The number of carbonyl (C=O) groups is 1. The molecular weight excluding hydrogens is 370 g/mol. The van der Waals surface area contributed by atoms with Crippen molar-refractivity contribution < 1.29 is 27.4 Å². The van der Waals surface area contributed by atoms with Crippen molar-refractivity contribution in [1.82, 2.24) is 9.36 Å². The molecule has 1 aromatic heterocycles. The van der Waals surface area contributed by atoms with Gasteiger partial charge in [0.25, 0.3) is 11.1 Å². The molecule has 0 aliphatic heterocycles. The summed E-state index contributed by atoms with van der Waals surface area (Å²) in [7, 11) is 0.800. The molecule has 0 bridgehead atoms. The molecule has 0 atom stereocenters. The highest BCUT2D eigenvalue weighted by molar-refractivity contribution is 7.91. The number of carbonyl (C=O) groups excluding carboxylic acids is 1. The van der Waals surface area contributed by atoms with E-state index in [4.69, 9.17) is 14.2 Å². The molecule has 1 aromatic carbocycles. The fourth-order valence-corrected chi connectivity index (χ4v) is 3.48. The van der Waals surface area contributed by atoms with Crippen LogP contribution >= 0.6 is 11.5 Å². The lowest BCUT2D eigenvalue weighted by Crippen LogP contribution is -2.13. The minimum atomic E-state index is -3.53. The first kappa shape index (κ1) is 18.9. The molecule has 0 fully saturated rings. The van der Waals surface area contributed by atoms with Crippen molar-refractivity contribution >= 4 is 32.4 Å². The molecule has 2 rings (SSSR count). The van der Waals surface area contributed by atoms with Gasteiger partial charge in [0.2, 0.25) is 20.7 Å². The van der Waals surface area contributed by atoms with Crippen LogP contribution in [0.5, 0.6) is 17.2 Å². The topological polar surface area (TPSA) is 117 Å². The summed E-state index contributed by atoms with van der Waals surface area (Å²) >= 11 is 0.783. The Bertz CT molecular complexity index is 853. The molecule has 0 radical (unpaired) electrons. The van der Waals surface area contributed by atoms with E-state index in [1.807, 2.05) is 0 Å². The Hall–Kier alpha value is -2.40. The molecule has 1 N–H and O–H groups in total.